The van der Waals surface area contributed by atoms with Gasteiger partial charge in [0.1, 0.15) is 0 Å². The van der Waals surface area contributed by atoms with Crippen LogP contribution in [0, 0.1) is 6.92 Å². The first-order valence-corrected chi connectivity index (χ1v) is 7.90. The molecule has 0 saturated carbocycles. The molecule has 0 radical (unpaired) electrons. The Hall–Kier alpha value is -0.840. The third-order valence-corrected chi connectivity index (χ3v) is 4.42. The molecule has 3 nitrogen and oxygen atoms in total. The molecule has 0 fully saturated rings. The maximum absolute atomic E-state index is 6.31. The quantitative estimate of drug-likeness (QED) is 0.856. The van der Waals surface area contributed by atoms with Crippen LogP contribution in [0.2, 0.25) is 5.02 Å². The maximum Gasteiger partial charge on any atom is 0.0860 e. The summed E-state index contributed by atoms with van der Waals surface area (Å²) < 4.78 is 3.05. The zero-order chi connectivity index (χ0) is 14.7. The summed E-state index contributed by atoms with van der Waals surface area (Å²) >= 11 is 9.77. The summed E-state index contributed by atoms with van der Waals surface area (Å²) in [7, 11) is 0. The zero-order valence-corrected chi connectivity index (χ0v) is 14.3. The highest BCUT2D eigenvalue weighted by Gasteiger charge is 2.13. The molecule has 1 unspecified atom stereocenters. The van der Waals surface area contributed by atoms with Crippen molar-refractivity contribution >= 4 is 27.5 Å². The SMILES string of the molecule is CCn1nc(C)c(Cl)c1CNC(C)c1ccc(Br)cc1. The minimum atomic E-state index is 0.264. The van der Waals surface area contributed by atoms with E-state index in [1.54, 1.807) is 0 Å². The first-order chi connectivity index (χ1) is 9.52. The average Bonchev–Trinajstić information content (AvgIpc) is 2.72. The Kier molecular flexibility index (Phi) is 5.24. The van der Waals surface area contributed by atoms with Crippen molar-refractivity contribution in [2.75, 3.05) is 0 Å². The molecule has 1 heterocycles. The topological polar surface area (TPSA) is 29.9 Å². The largest absolute Gasteiger partial charge is 0.305 e. The van der Waals surface area contributed by atoms with Crippen LogP contribution in [-0.4, -0.2) is 9.78 Å². The normalized spacial score (nSPS) is 12.7. The molecule has 0 aliphatic carbocycles. The van der Waals surface area contributed by atoms with E-state index in [4.69, 9.17) is 11.6 Å². The second-order valence-electron chi connectivity index (χ2n) is 4.82. The van der Waals surface area contributed by atoms with Gasteiger partial charge in [-0.05, 0) is 38.5 Å². The summed E-state index contributed by atoms with van der Waals surface area (Å²) in [5.74, 6) is 0. The van der Waals surface area contributed by atoms with Gasteiger partial charge in [0.05, 0.1) is 16.4 Å². The van der Waals surface area contributed by atoms with Crippen molar-refractivity contribution in [2.45, 2.75) is 39.9 Å². The third kappa shape index (κ3) is 3.43. The van der Waals surface area contributed by atoms with Crippen LogP contribution >= 0.6 is 27.5 Å². The van der Waals surface area contributed by atoms with Gasteiger partial charge in [0.25, 0.3) is 0 Å². The van der Waals surface area contributed by atoms with Gasteiger partial charge in [0.15, 0.2) is 0 Å². The van der Waals surface area contributed by atoms with Crippen molar-refractivity contribution in [3.05, 3.63) is 50.7 Å². The van der Waals surface area contributed by atoms with Crippen LogP contribution in [0.5, 0.6) is 0 Å². The molecule has 0 saturated heterocycles. The van der Waals surface area contributed by atoms with Crippen molar-refractivity contribution < 1.29 is 0 Å². The van der Waals surface area contributed by atoms with Gasteiger partial charge in [-0.2, -0.15) is 5.10 Å². The van der Waals surface area contributed by atoms with Crippen LogP contribution in [0.3, 0.4) is 0 Å². The third-order valence-electron chi connectivity index (χ3n) is 3.40. The maximum atomic E-state index is 6.31. The van der Waals surface area contributed by atoms with Gasteiger partial charge >= 0.3 is 0 Å². The monoisotopic (exact) mass is 355 g/mol. The molecular weight excluding hydrogens is 338 g/mol. The molecular formula is C15H19BrClN3. The Morgan fingerprint density at radius 2 is 2.00 bits per heavy atom. The highest BCUT2D eigenvalue weighted by Crippen LogP contribution is 2.22. The average molecular weight is 357 g/mol. The fraction of sp³-hybridized carbons (Fsp3) is 0.400. The number of benzene rings is 1. The smallest absolute Gasteiger partial charge is 0.0860 e. The van der Waals surface area contributed by atoms with Gasteiger partial charge in [-0.1, -0.05) is 39.7 Å². The van der Waals surface area contributed by atoms with Crippen LogP contribution in [-0.2, 0) is 13.1 Å². The highest BCUT2D eigenvalue weighted by molar-refractivity contribution is 9.10. The second kappa shape index (κ2) is 6.74. The molecule has 1 aromatic heterocycles. The first-order valence-electron chi connectivity index (χ1n) is 6.73. The van der Waals surface area contributed by atoms with Crippen molar-refractivity contribution in [3.8, 4) is 0 Å². The van der Waals surface area contributed by atoms with E-state index < -0.39 is 0 Å². The fourth-order valence-electron chi connectivity index (χ4n) is 2.16. The van der Waals surface area contributed by atoms with Gasteiger partial charge in [0, 0.05) is 23.6 Å². The lowest BCUT2D eigenvalue weighted by atomic mass is 10.1. The molecule has 1 N–H and O–H groups in total. The summed E-state index contributed by atoms with van der Waals surface area (Å²) in [4.78, 5) is 0. The van der Waals surface area contributed by atoms with Crippen LogP contribution in [0.15, 0.2) is 28.7 Å². The van der Waals surface area contributed by atoms with E-state index in [0.29, 0.717) is 6.54 Å². The molecule has 1 atom stereocenters. The van der Waals surface area contributed by atoms with Gasteiger partial charge in [-0.15, -0.1) is 0 Å². The molecule has 2 rings (SSSR count). The second-order valence-corrected chi connectivity index (χ2v) is 6.11. The van der Waals surface area contributed by atoms with Crippen molar-refractivity contribution in [1.82, 2.24) is 15.1 Å². The number of nitrogens with zero attached hydrogens (tertiary/aromatic N) is 2. The van der Waals surface area contributed by atoms with E-state index in [1.807, 2.05) is 11.6 Å². The lowest BCUT2D eigenvalue weighted by Crippen LogP contribution is -2.20. The molecule has 2 aromatic rings. The van der Waals surface area contributed by atoms with Crippen molar-refractivity contribution in [1.29, 1.82) is 0 Å². The number of aryl methyl sites for hydroxylation is 2. The molecule has 0 bridgehead atoms. The predicted molar refractivity (Wildman–Crippen MR) is 87.0 cm³/mol. The van der Waals surface area contributed by atoms with Crippen molar-refractivity contribution in [3.63, 3.8) is 0 Å². The van der Waals surface area contributed by atoms with Crippen LogP contribution in [0.25, 0.3) is 0 Å². The lowest BCUT2D eigenvalue weighted by Gasteiger charge is -2.15. The Labute approximate surface area is 133 Å². The number of aromatic nitrogens is 2. The Bertz CT molecular complexity index is 578. The van der Waals surface area contributed by atoms with Gasteiger partial charge in [0.2, 0.25) is 0 Å². The van der Waals surface area contributed by atoms with Crippen LogP contribution in [0.1, 0.15) is 36.8 Å². The summed E-state index contributed by atoms with van der Waals surface area (Å²) in [5, 5.41) is 8.70. The van der Waals surface area contributed by atoms with Gasteiger partial charge in [-0.25, -0.2) is 0 Å². The number of rotatable bonds is 5. The molecule has 0 amide bonds. The summed E-state index contributed by atoms with van der Waals surface area (Å²) in [6.45, 7) is 7.71. The molecule has 0 aliphatic heterocycles. The lowest BCUT2D eigenvalue weighted by molar-refractivity contribution is 0.531. The van der Waals surface area contributed by atoms with E-state index in [0.717, 1.165) is 27.4 Å². The van der Waals surface area contributed by atoms with Crippen LogP contribution < -0.4 is 5.32 Å². The molecule has 0 spiro atoms. The minimum Gasteiger partial charge on any atom is -0.305 e. The molecule has 0 aliphatic rings. The first kappa shape index (κ1) is 15.5. The highest BCUT2D eigenvalue weighted by atomic mass is 79.9. The Morgan fingerprint density at radius 1 is 1.35 bits per heavy atom. The van der Waals surface area contributed by atoms with E-state index in [-0.39, 0.29) is 6.04 Å². The van der Waals surface area contributed by atoms with E-state index in [9.17, 15) is 0 Å². The number of halogens is 2. The fourth-order valence-corrected chi connectivity index (χ4v) is 2.62. The Balaban J connectivity index is 2.07. The zero-order valence-electron chi connectivity index (χ0n) is 12.0. The Morgan fingerprint density at radius 3 is 2.60 bits per heavy atom. The standard InChI is InChI=1S/C15H19BrClN3/c1-4-20-14(15(17)11(3)19-20)9-18-10(2)12-5-7-13(16)8-6-12/h5-8,10,18H,4,9H2,1-3H3. The van der Waals surface area contributed by atoms with Crippen LogP contribution in [0.4, 0.5) is 0 Å². The summed E-state index contributed by atoms with van der Waals surface area (Å²) in [6, 6.07) is 8.61. The molecule has 1 aromatic carbocycles. The van der Waals surface area contributed by atoms with Gasteiger partial charge in [-0.3, -0.25) is 4.68 Å². The molecule has 20 heavy (non-hydrogen) atoms. The number of hydrogen-bond acceptors (Lipinski definition) is 2. The number of nitrogens with one attached hydrogen (secondary N) is 1. The van der Waals surface area contributed by atoms with Crippen molar-refractivity contribution in [2.24, 2.45) is 0 Å². The molecule has 108 valence electrons. The summed E-state index contributed by atoms with van der Waals surface area (Å²) in [6.07, 6.45) is 0. The van der Waals surface area contributed by atoms with E-state index in [1.165, 1.54) is 5.56 Å². The minimum absolute atomic E-state index is 0.264. The summed E-state index contributed by atoms with van der Waals surface area (Å²) in [5.41, 5.74) is 3.20. The molecule has 5 heteroatoms. The van der Waals surface area contributed by atoms with E-state index >= 15 is 0 Å². The van der Waals surface area contributed by atoms with Gasteiger partial charge < -0.3 is 5.32 Å². The number of hydrogen-bond donors (Lipinski definition) is 1. The van der Waals surface area contributed by atoms with E-state index in [2.05, 4.69) is 64.5 Å². The predicted octanol–water partition coefficient (Wildman–Crippen LogP) is 4.48.